The second-order valence-electron chi connectivity index (χ2n) is 7.95. The van der Waals surface area contributed by atoms with E-state index in [1.165, 1.54) is 31.4 Å². The maximum atomic E-state index is 12.9. The van der Waals surface area contributed by atoms with Gasteiger partial charge in [-0.1, -0.05) is 12.1 Å². The summed E-state index contributed by atoms with van der Waals surface area (Å²) >= 11 is 0. The minimum Gasteiger partial charge on any atom is -0.495 e. The first-order valence-electron chi connectivity index (χ1n) is 10.8. The molecule has 2 aromatic rings. The molecule has 33 heavy (non-hydrogen) atoms. The Labute approximate surface area is 193 Å². The van der Waals surface area contributed by atoms with E-state index in [9.17, 15) is 18.0 Å². The van der Waals surface area contributed by atoms with Gasteiger partial charge in [-0.15, -0.1) is 0 Å². The molecular formula is C23H27N3O6S. The van der Waals surface area contributed by atoms with Crippen molar-refractivity contribution in [3.63, 3.8) is 0 Å². The molecule has 0 radical (unpaired) electrons. The topological polar surface area (TPSA) is 105 Å². The number of sulfonamides is 1. The van der Waals surface area contributed by atoms with Gasteiger partial charge < -0.3 is 19.3 Å². The Morgan fingerprint density at radius 2 is 1.67 bits per heavy atom. The number of piperazine rings is 1. The predicted molar refractivity (Wildman–Crippen MR) is 122 cm³/mol. The van der Waals surface area contributed by atoms with Crippen molar-refractivity contribution in [1.82, 2.24) is 9.80 Å². The van der Waals surface area contributed by atoms with Gasteiger partial charge in [0.1, 0.15) is 11.9 Å². The van der Waals surface area contributed by atoms with E-state index < -0.39 is 10.0 Å². The molecule has 10 heteroatoms. The molecule has 0 bridgehead atoms. The highest BCUT2D eigenvalue weighted by Crippen LogP contribution is 2.26. The van der Waals surface area contributed by atoms with E-state index in [4.69, 9.17) is 9.47 Å². The lowest BCUT2D eigenvalue weighted by Crippen LogP contribution is -2.52. The molecule has 0 spiro atoms. The number of hydrogen-bond acceptors (Lipinski definition) is 6. The first-order chi connectivity index (χ1) is 15.9. The first-order valence-corrected chi connectivity index (χ1v) is 12.3. The smallest absolute Gasteiger partial charge is 0.262 e. The molecule has 2 aliphatic heterocycles. The molecule has 2 heterocycles. The SMILES string of the molecule is COc1ccccc1NS(=O)(=O)c1ccc(C(=O)N2CCN(C(=O)C3CCCO3)CC2)cc1. The Bertz CT molecular complexity index is 1110. The van der Waals surface area contributed by atoms with Crippen LogP contribution in [0, 0.1) is 0 Å². The van der Waals surface area contributed by atoms with E-state index in [1.807, 2.05) is 0 Å². The fraction of sp³-hybridized carbons (Fsp3) is 0.391. The van der Waals surface area contributed by atoms with Crippen LogP contribution in [0.2, 0.25) is 0 Å². The molecule has 2 aliphatic rings. The molecule has 0 saturated carbocycles. The van der Waals surface area contributed by atoms with Crippen LogP contribution in [0.15, 0.2) is 53.4 Å². The average Bonchev–Trinajstić information content (AvgIpc) is 3.38. The van der Waals surface area contributed by atoms with E-state index in [1.54, 1.807) is 34.1 Å². The van der Waals surface area contributed by atoms with Crippen molar-refractivity contribution >= 4 is 27.5 Å². The zero-order valence-corrected chi connectivity index (χ0v) is 19.2. The maximum absolute atomic E-state index is 12.9. The van der Waals surface area contributed by atoms with Crippen LogP contribution in [-0.4, -0.2) is 76.0 Å². The van der Waals surface area contributed by atoms with Crippen LogP contribution in [-0.2, 0) is 19.6 Å². The van der Waals surface area contributed by atoms with Gasteiger partial charge in [0.05, 0.1) is 17.7 Å². The third kappa shape index (κ3) is 5.12. The molecular weight excluding hydrogens is 446 g/mol. The average molecular weight is 474 g/mol. The molecule has 1 N–H and O–H groups in total. The number of methoxy groups -OCH3 is 1. The van der Waals surface area contributed by atoms with Crippen LogP contribution in [0.3, 0.4) is 0 Å². The van der Waals surface area contributed by atoms with Gasteiger partial charge in [-0.25, -0.2) is 8.42 Å². The summed E-state index contributed by atoms with van der Waals surface area (Å²) in [6.07, 6.45) is 1.29. The van der Waals surface area contributed by atoms with E-state index in [0.717, 1.165) is 12.8 Å². The fourth-order valence-electron chi connectivity index (χ4n) is 4.00. The molecule has 1 unspecified atom stereocenters. The van der Waals surface area contributed by atoms with E-state index in [-0.39, 0.29) is 22.8 Å². The van der Waals surface area contributed by atoms with Crippen molar-refractivity contribution in [2.45, 2.75) is 23.8 Å². The van der Waals surface area contributed by atoms with Gasteiger partial charge in [-0.3, -0.25) is 14.3 Å². The summed E-state index contributed by atoms with van der Waals surface area (Å²) in [4.78, 5) is 28.8. The van der Waals surface area contributed by atoms with Crippen LogP contribution in [0.25, 0.3) is 0 Å². The highest BCUT2D eigenvalue weighted by Gasteiger charge is 2.31. The van der Waals surface area contributed by atoms with Crippen LogP contribution in [0.1, 0.15) is 23.2 Å². The number of amides is 2. The van der Waals surface area contributed by atoms with E-state index in [0.29, 0.717) is 49.8 Å². The summed E-state index contributed by atoms with van der Waals surface area (Å²) in [5.74, 6) is 0.211. The molecule has 2 aromatic carbocycles. The number of nitrogens with one attached hydrogen (secondary N) is 1. The summed E-state index contributed by atoms with van der Waals surface area (Å²) in [6, 6.07) is 12.5. The number of anilines is 1. The summed E-state index contributed by atoms with van der Waals surface area (Å²) in [5.41, 5.74) is 0.723. The summed E-state index contributed by atoms with van der Waals surface area (Å²) in [5, 5.41) is 0. The molecule has 4 rings (SSSR count). The molecule has 0 aliphatic carbocycles. The zero-order valence-electron chi connectivity index (χ0n) is 18.4. The third-order valence-corrected chi connectivity index (χ3v) is 7.23. The van der Waals surface area contributed by atoms with Crippen molar-refractivity contribution < 1.29 is 27.5 Å². The third-order valence-electron chi connectivity index (χ3n) is 5.85. The predicted octanol–water partition coefficient (Wildman–Crippen LogP) is 1.96. The van der Waals surface area contributed by atoms with Gasteiger partial charge >= 0.3 is 0 Å². The minimum absolute atomic E-state index is 0.00305. The largest absolute Gasteiger partial charge is 0.495 e. The molecule has 0 aromatic heterocycles. The van der Waals surface area contributed by atoms with E-state index >= 15 is 0 Å². The van der Waals surface area contributed by atoms with Crippen LogP contribution in [0.5, 0.6) is 5.75 Å². The monoisotopic (exact) mass is 473 g/mol. The maximum Gasteiger partial charge on any atom is 0.262 e. The molecule has 1 atom stereocenters. The van der Waals surface area contributed by atoms with Crippen molar-refractivity contribution in [3.8, 4) is 5.75 Å². The Balaban J connectivity index is 1.38. The molecule has 2 fully saturated rings. The summed E-state index contributed by atoms with van der Waals surface area (Å²) in [6.45, 7) is 2.38. The van der Waals surface area contributed by atoms with Gasteiger partial charge in [-0.05, 0) is 49.2 Å². The number of carbonyl (C=O) groups excluding carboxylic acids is 2. The molecule has 2 saturated heterocycles. The van der Waals surface area contributed by atoms with Crippen LogP contribution >= 0.6 is 0 Å². The quantitative estimate of drug-likeness (QED) is 0.688. The number of nitrogens with zero attached hydrogens (tertiary/aromatic N) is 2. The number of ether oxygens (including phenoxy) is 2. The van der Waals surface area contributed by atoms with Crippen molar-refractivity contribution in [1.29, 1.82) is 0 Å². The van der Waals surface area contributed by atoms with Gasteiger partial charge in [0, 0.05) is 38.3 Å². The van der Waals surface area contributed by atoms with Crippen LogP contribution < -0.4 is 9.46 Å². The Kier molecular flexibility index (Phi) is 6.85. The normalized spacial score (nSPS) is 18.8. The number of para-hydroxylation sites is 2. The van der Waals surface area contributed by atoms with Gasteiger partial charge in [0.25, 0.3) is 21.8 Å². The summed E-state index contributed by atoms with van der Waals surface area (Å²) in [7, 11) is -2.39. The van der Waals surface area contributed by atoms with Gasteiger partial charge in [-0.2, -0.15) is 0 Å². The van der Waals surface area contributed by atoms with Crippen molar-refractivity contribution in [2.75, 3.05) is 44.6 Å². The Hall–Kier alpha value is -3.11. The van der Waals surface area contributed by atoms with Gasteiger partial charge in [0.2, 0.25) is 0 Å². The minimum atomic E-state index is -3.85. The lowest BCUT2D eigenvalue weighted by atomic mass is 10.1. The number of carbonyl (C=O) groups is 2. The zero-order chi connectivity index (χ0) is 23.4. The highest BCUT2D eigenvalue weighted by molar-refractivity contribution is 7.92. The molecule has 2 amide bonds. The second kappa shape index (κ2) is 9.80. The van der Waals surface area contributed by atoms with E-state index in [2.05, 4.69) is 4.72 Å². The number of rotatable bonds is 6. The van der Waals surface area contributed by atoms with Crippen molar-refractivity contribution in [3.05, 3.63) is 54.1 Å². The van der Waals surface area contributed by atoms with Crippen LogP contribution in [0.4, 0.5) is 5.69 Å². The molecule has 176 valence electrons. The first kappa shape index (κ1) is 23.1. The number of hydrogen-bond donors (Lipinski definition) is 1. The lowest BCUT2D eigenvalue weighted by Gasteiger charge is -2.35. The number of benzene rings is 2. The standard InChI is InChI=1S/C23H27N3O6S/c1-31-20-6-3-2-5-19(20)24-33(29,30)18-10-8-17(9-11-18)22(27)25-12-14-26(15-13-25)23(28)21-7-4-16-32-21/h2-3,5-6,8-11,21,24H,4,7,12-16H2,1H3. The fourth-order valence-corrected chi connectivity index (χ4v) is 5.07. The second-order valence-corrected chi connectivity index (χ2v) is 9.63. The Morgan fingerprint density at radius 3 is 2.30 bits per heavy atom. The Morgan fingerprint density at radius 1 is 1.00 bits per heavy atom. The van der Waals surface area contributed by atoms with Gasteiger partial charge in [0.15, 0.2) is 0 Å². The lowest BCUT2D eigenvalue weighted by molar-refractivity contribution is -0.142. The highest BCUT2D eigenvalue weighted by atomic mass is 32.2. The summed E-state index contributed by atoms with van der Waals surface area (Å²) < 4.78 is 38.7. The molecule has 9 nitrogen and oxygen atoms in total. The van der Waals surface area contributed by atoms with Crippen molar-refractivity contribution in [2.24, 2.45) is 0 Å².